The second-order valence-electron chi connectivity index (χ2n) is 5.74. The Hall–Kier alpha value is -3.03. The fourth-order valence-electron chi connectivity index (χ4n) is 3.00. The molecule has 1 heterocycles. The van der Waals surface area contributed by atoms with Gasteiger partial charge in [-0.15, -0.1) is 0 Å². The van der Waals surface area contributed by atoms with Gasteiger partial charge in [0.1, 0.15) is 17.3 Å². The zero-order valence-electron chi connectivity index (χ0n) is 13.2. The normalized spacial score (nSPS) is 13.3. The van der Waals surface area contributed by atoms with Crippen LogP contribution in [-0.4, -0.2) is 23.9 Å². The molecule has 3 rings (SSSR count). The summed E-state index contributed by atoms with van der Waals surface area (Å²) in [6.45, 7) is 0.265. The highest BCUT2D eigenvalue weighted by Crippen LogP contribution is 2.31. The summed E-state index contributed by atoms with van der Waals surface area (Å²) >= 11 is 0. The van der Waals surface area contributed by atoms with Crippen LogP contribution in [0, 0.1) is 21.7 Å². The number of carbonyl (C=O) groups is 1. The van der Waals surface area contributed by atoms with Crippen LogP contribution in [-0.2, 0) is 11.2 Å². The molecule has 1 N–H and O–H groups in total. The van der Waals surface area contributed by atoms with E-state index in [9.17, 15) is 23.7 Å². The highest BCUT2D eigenvalue weighted by Gasteiger charge is 2.24. The van der Waals surface area contributed by atoms with E-state index in [4.69, 9.17) is 0 Å². The third-order valence-corrected chi connectivity index (χ3v) is 4.01. The predicted molar refractivity (Wildman–Crippen MR) is 88.6 cm³/mol. The molecule has 25 heavy (non-hydrogen) atoms. The van der Waals surface area contributed by atoms with Gasteiger partial charge in [-0.3, -0.25) is 14.9 Å². The maximum atomic E-state index is 14.1. The molecule has 1 amide bonds. The van der Waals surface area contributed by atoms with E-state index in [1.807, 2.05) is 0 Å². The number of fused-ring (bicyclic) bond motifs is 1. The molecule has 6 nitrogen and oxygen atoms in total. The van der Waals surface area contributed by atoms with E-state index in [0.717, 1.165) is 6.07 Å². The number of nitrogens with one attached hydrogen (secondary N) is 1. The average molecular weight is 347 g/mol. The van der Waals surface area contributed by atoms with Crippen molar-refractivity contribution in [3.8, 4) is 0 Å². The molecule has 0 atom stereocenters. The van der Waals surface area contributed by atoms with Crippen LogP contribution in [0.25, 0.3) is 0 Å². The molecule has 8 heteroatoms. The van der Waals surface area contributed by atoms with Crippen molar-refractivity contribution in [2.75, 3.05) is 23.3 Å². The molecule has 0 radical (unpaired) electrons. The highest BCUT2D eigenvalue weighted by molar-refractivity contribution is 5.96. The number of nitro groups is 1. The summed E-state index contributed by atoms with van der Waals surface area (Å²) in [6, 6.07) is 7.84. The van der Waals surface area contributed by atoms with E-state index in [-0.39, 0.29) is 23.6 Å². The van der Waals surface area contributed by atoms with Gasteiger partial charge in [-0.2, -0.15) is 0 Å². The number of hydrogen-bond donors (Lipinski definition) is 1. The van der Waals surface area contributed by atoms with Gasteiger partial charge in [0.25, 0.3) is 5.69 Å². The summed E-state index contributed by atoms with van der Waals surface area (Å²) in [4.78, 5) is 24.2. The standard InChI is InChI=1S/C17H15F2N3O3/c18-12-8-11-4-3-7-21(17(11)13(19)9-12)10-16(23)20-14-5-1-2-6-15(14)22(24)25/h1-2,5-6,8-9H,3-4,7,10H2,(H,20,23). The van der Waals surface area contributed by atoms with E-state index in [2.05, 4.69) is 5.32 Å². The Morgan fingerprint density at radius 3 is 2.80 bits per heavy atom. The Balaban J connectivity index is 1.79. The number of benzene rings is 2. The monoisotopic (exact) mass is 347 g/mol. The minimum absolute atomic E-state index is 0.0781. The summed E-state index contributed by atoms with van der Waals surface area (Å²) in [5.41, 5.74) is 0.588. The Morgan fingerprint density at radius 1 is 1.28 bits per heavy atom. The van der Waals surface area contributed by atoms with E-state index in [0.29, 0.717) is 24.9 Å². The van der Waals surface area contributed by atoms with Crippen molar-refractivity contribution in [2.45, 2.75) is 12.8 Å². The number of para-hydroxylation sites is 2. The highest BCUT2D eigenvalue weighted by atomic mass is 19.1. The Labute approximate surface area is 142 Å². The van der Waals surface area contributed by atoms with Gasteiger partial charge in [-0.05, 0) is 30.5 Å². The maximum absolute atomic E-state index is 14.1. The Bertz CT molecular complexity index is 842. The molecule has 0 aromatic heterocycles. The van der Waals surface area contributed by atoms with E-state index >= 15 is 0 Å². The number of carbonyl (C=O) groups excluding carboxylic acids is 1. The molecule has 0 spiro atoms. The summed E-state index contributed by atoms with van der Waals surface area (Å²) in [6.07, 6.45) is 1.20. The van der Waals surface area contributed by atoms with Crippen molar-refractivity contribution in [3.63, 3.8) is 0 Å². The lowest BCUT2D eigenvalue weighted by Crippen LogP contribution is -2.37. The lowest BCUT2D eigenvalue weighted by atomic mass is 10.0. The van der Waals surface area contributed by atoms with Crippen LogP contribution in [0.3, 0.4) is 0 Å². The molecule has 0 bridgehead atoms. The Morgan fingerprint density at radius 2 is 2.04 bits per heavy atom. The van der Waals surface area contributed by atoms with Crippen LogP contribution >= 0.6 is 0 Å². The molecular formula is C17H15F2N3O3. The molecule has 0 saturated carbocycles. The summed E-state index contributed by atoms with van der Waals surface area (Å²) in [7, 11) is 0. The van der Waals surface area contributed by atoms with Gasteiger partial charge in [-0.25, -0.2) is 8.78 Å². The van der Waals surface area contributed by atoms with Gasteiger partial charge in [0, 0.05) is 18.7 Å². The van der Waals surface area contributed by atoms with Crippen molar-refractivity contribution >= 4 is 23.0 Å². The number of anilines is 2. The number of amides is 1. The molecule has 2 aromatic rings. The van der Waals surface area contributed by atoms with E-state index in [1.165, 1.54) is 29.2 Å². The number of rotatable bonds is 4. The van der Waals surface area contributed by atoms with Crippen LogP contribution in [0.5, 0.6) is 0 Å². The quantitative estimate of drug-likeness (QED) is 0.680. The van der Waals surface area contributed by atoms with Crippen molar-refractivity contribution in [1.82, 2.24) is 0 Å². The summed E-state index contributed by atoms with van der Waals surface area (Å²) in [5, 5.41) is 13.5. The molecule has 0 saturated heterocycles. The topological polar surface area (TPSA) is 75.5 Å². The van der Waals surface area contributed by atoms with Crippen LogP contribution < -0.4 is 10.2 Å². The van der Waals surface area contributed by atoms with Crippen LogP contribution in [0.1, 0.15) is 12.0 Å². The van der Waals surface area contributed by atoms with Gasteiger partial charge >= 0.3 is 0 Å². The molecule has 130 valence electrons. The molecule has 0 unspecified atom stereocenters. The number of halogens is 2. The lowest BCUT2D eigenvalue weighted by molar-refractivity contribution is -0.383. The van der Waals surface area contributed by atoms with Gasteiger partial charge in [0.05, 0.1) is 17.2 Å². The third kappa shape index (κ3) is 3.57. The van der Waals surface area contributed by atoms with Gasteiger partial charge in [-0.1, -0.05) is 12.1 Å². The lowest BCUT2D eigenvalue weighted by Gasteiger charge is -2.31. The summed E-state index contributed by atoms with van der Waals surface area (Å²) < 4.78 is 27.5. The number of hydrogen-bond acceptors (Lipinski definition) is 4. The predicted octanol–water partition coefficient (Wildman–Crippen LogP) is 3.26. The van der Waals surface area contributed by atoms with Crippen LogP contribution in [0.15, 0.2) is 36.4 Å². The van der Waals surface area contributed by atoms with Crippen molar-refractivity contribution in [2.24, 2.45) is 0 Å². The second-order valence-corrected chi connectivity index (χ2v) is 5.74. The Kier molecular flexibility index (Phi) is 4.60. The average Bonchev–Trinajstić information content (AvgIpc) is 2.54. The molecule has 1 aliphatic heterocycles. The van der Waals surface area contributed by atoms with Gasteiger partial charge < -0.3 is 10.2 Å². The number of aryl methyl sites for hydroxylation is 1. The van der Waals surface area contributed by atoms with Gasteiger partial charge in [0.2, 0.25) is 5.91 Å². The minimum Gasteiger partial charge on any atom is -0.360 e. The first-order valence-electron chi connectivity index (χ1n) is 7.72. The van der Waals surface area contributed by atoms with Crippen molar-refractivity contribution < 1.29 is 18.5 Å². The largest absolute Gasteiger partial charge is 0.360 e. The first-order chi connectivity index (χ1) is 12.0. The molecule has 1 aliphatic rings. The van der Waals surface area contributed by atoms with Crippen LogP contribution in [0.2, 0.25) is 0 Å². The molecule has 2 aromatic carbocycles. The molecular weight excluding hydrogens is 332 g/mol. The summed E-state index contributed by atoms with van der Waals surface area (Å²) in [5.74, 6) is -1.87. The first-order valence-corrected chi connectivity index (χ1v) is 7.72. The molecule has 0 fully saturated rings. The van der Waals surface area contributed by atoms with Crippen molar-refractivity contribution in [3.05, 3.63) is 63.7 Å². The molecule has 0 aliphatic carbocycles. The maximum Gasteiger partial charge on any atom is 0.292 e. The van der Waals surface area contributed by atoms with E-state index in [1.54, 1.807) is 6.07 Å². The second kappa shape index (κ2) is 6.84. The van der Waals surface area contributed by atoms with Gasteiger partial charge in [0.15, 0.2) is 0 Å². The smallest absolute Gasteiger partial charge is 0.292 e. The van der Waals surface area contributed by atoms with Crippen molar-refractivity contribution in [1.29, 1.82) is 0 Å². The van der Waals surface area contributed by atoms with Crippen LogP contribution in [0.4, 0.5) is 25.8 Å². The SMILES string of the molecule is O=C(CN1CCCc2cc(F)cc(F)c21)Nc1ccccc1[N+](=O)[O-]. The first kappa shape index (κ1) is 16.8. The van der Waals surface area contributed by atoms with E-state index < -0.39 is 22.5 Å². The third-order valence-electron chi connectivity index (χ3n) is 4.01. The fraction of sp³-hybridized carbons (Fsp3) is 0.235. The minimum atomic E-state index is -0.715. The zero-order chi connectivity index (χ0) is 18.0. The fourth-order valence-corrected chi connectivity index (χ4v) is 3.00. The number of nitrogens with zero attached hydrogens (tertiary/aromatic N) is 2. The number of nitro benzene ring substituents is 1. The zero-order valence-corrected chi connectivity index (χ0v) is 13.2.